The average Bonchev–Trinajstić information content (AvgIpc) is 3.45. The van der Waals surface area contributed by atoms with E-state index in [1.54, 1.807) is 0 Å². The van der Waals surface area contributed by atoms with E-state index in [2.05, 4.69) is 44.2 Å². The fraction of sp³-hybridized carbons (Fsp3) is 0.409. The molecule has 5 rings (SSSR count). The van der Waals surface area contributed by atoms with Gasteiger partial charge in [0.05, 0.1) is 19.3 Å². The molecule has 3 aromatic rings. The minimum absolute atomic E-state index is 0.178. The molecule has 150 valence electrons. The lowest BCUT2D eigenvalue weighted by molar-refractivity contribution is 0.122. The Hall–Kier alpha value is -2.77. The lowest BCUT2D eigenvalue weighted by atomic mass is 10.2. The van der Waals surface area contributed by atoms with E-state index in [1.807, 2.05) is 24.4 Å². The van der Waals surface area contributed by atoms with Crippen molar-refractivity contribution in [2.24, 2.45) is 0 Å². The molecule has 7 heteroatoms. The summed E-state index contributed by atoms with van der Waals surface area (Å²) in [6.45, 7) is 5.19. The fourth-order valence-electron chi connectivity index (χ4n) is 4.10. The van der Waals surface area contributed by atoms with Gasteiger partial charge in [0.2, 0.25) is 11.7 Å². The molecule has 2 aliphatic rings. The smallest absolute Gasteiger partial charge is 0.244 e. The second-order valence-electron chi connectivity index (χ2n) is 7.57. The highest BCUT2D eigenvalue weighted by atomic mass is 16.5. The third-order valence-corrected chi connectivity index (χ3v) is 5.66. The Labute approximate surface area is 170 Å². The van der Waals surface area contributed by atoms with Crippen LogP contribution >= 0.6 is 0 Å². The quantitative estimate of drug-likeness (QED) is 0.661. The van der Waals surface area contributed by atoms with Crippen LogP contribution in [0.1, 0.15) is 30.3 Å². The Morgan fingerprint density at radius 3 is 2.66 bits per heavy atom. The van der Waals surface area contributed by atoms with E-state index in [-0.39, 0.29) is 6.04 Å². The lowest BCUT2D eigenvalue weighted by Crippen LogP contribution is -2.36. The summed E-state index contributed by atoms with van der Waals surface area (Å²) in [7, 11) is 0. The van der Waals surface area contributed by atoms with Crippen LogP contribution in [0.3, 0.4) is 0 Å². The van der Waals surface area contributed by atoms with Gasteiger partial charge in [-0.15, -0.1) is 0 Å². The van der Waals surface area contributed by atoms with Crippen molar-refractivity contribution in [3.05, 3.63) is 60.1 Å². The normalized spacial score (nSPS) is 20.3. The molecule has 4 heterocycles. The number of pyridine rings is 1. The number of rotatable bonds is 5. The van der Waals surface area contributed by atoms with E-state index in [4.69, 9.17) is 14.2 Å². The molecule has 7 nitrogen and oxygen atoms in total. The molecule has 0 spiro atoms. The summed E-state index contributed by atoms with van der Waals surface area (Å²) in [4.78, 5) is 14.0. The molecular weight excluding hydrogens is 366 g/mol. The molecule has 1 atom stereocenters. The van der Waals surface area contributed by atoms with Gasteiger partial charge in [-0.3, -0.25) is 4.90 Å². The molecule has 1 aromatic carbocycles. The SMILES string of the molecule is c1ccc(CN2CCC[C@H]2c2nc(-c3ccc(N4CCOCC4)nc3)no2)cc1. The van der Waals surface area contributed by atoms with Gasteiger partial charge < -0.3 is 14.2 Å². The van der Waals surface area contributed by atoms with Crippen LogP contribution in [0, 0.1) is 0 Å². The second-order valence-corrected chi connectivity index (χ2v) is 7.57. The highest BCUT2D eigenvalue weighted by Crippen LogP contribution is 2.33. The standard InChI is InChI=1S/C22H25N5O2/c1-2-5-17(6-3-1)16-27-10-4-7-19(27)22-24-21(25-29-22)18-8-9-20(23-15-18)26-11-13-28-14-12-26/h1-3,5-6,8-9,15,19H,4,7,10-14,16H2/t19-/m0/s1. The monoisotopic (exact) mass is 391 g/mol. The molecule has 0 amide bonds. The van der Waals surface area contributed by atoms with Crippen molar-refractivity contribution in [1.82, 2.24) is 20.0 Å². The number of anilines is 1. The van der Waals surface area contributed by atoms with Gasteiger partial charge in [0.15, 0.2) is 0 Å². The van der Waals surface area contributed by atoms with Gasteiger partial charge in [-0.2, -0.15) is 4.98 Å². The first-order valence-corrected chi connectivity index (χ1v) is 10.3. The van der Waals surface area contributed by atoms with E-state index in [1.165, 1.54) is 5.56 Å². The third-order valence-electron chi connectivity index (χ3n) is 5.66. The molecule has 0 unspecified atom stereocenters. The van der Waals surface area contributed by atoms with E-state index < -0.39 is 0 Å². The van der Waals surface area contributed by atoms with Crippen molar-refractivity contribution in [1.29, 1.82) is 0 Å². The second kappa shape index (κ2) is 8.31. The van der Waals surface area contributed by atoms with Crippen LogP contribution in [0.25, 0.3) is 11.4 Å². The Morgan fingerprint density at radius 1 is 1.00 bits per heavy atom. The average molecular weight is 391 g/mol. The Balaban J connectivity index is 1.29. The maximum atomic E-state index is 5.66. The number of aromatic nitrogens is 3. The van der Waals surface area contributed by atoms with Gasteiger partial charge >= 0.3 is 0 Å². The molecule has 29 heavy (non-hydrogen) atoms. The number of morpholine rings is 1. The van der Waals surface area contributed by atoms with Crippen molar-refractivity contribution in [2.75, 3.05) is 37.7 Å². The van der Waals surface area contributed by atoms with E-state index in [9.17, 15) is 0 Å². The van der Waals surface area contributed by atoms with Gasteiger partial charge in [-0.05, 0) is 37.1 Å². The van der Waals surface area contributed by atoms with Crippen molar-refractivity contribution in [3.8, 4) is 11.4 Å². The highest BCUT2D eigenvalue weighted by molar-refractivity contribution is 5.56. The zero-order valence-corrected chi connectivity index (χ0v) is 16.4. The first kappa shape index (κ1) is 18.3. The Bertz CT molecular complexity index is 922. The topological polar surface area (TPSA) is 67.5 Å². The lowest BCUT2D eigenvalue weighted by Gasteiger charge is -2.27. The molecular formula is C22H25N5O2. The Kier molecular flexibility index (Phi) is 5.23. The molecule has 2 aliphatic heterocycles. The number of nitrogens with zero attached hydrogens (tertiary/aromatic N) is 5. The molecule has 2 saturated heterocycles. The summed E-state index contributed by atoms with van der Waals surface area (Å²) in [6, 6.07) is 14.8. The summed E-state index contributed by atoms with van der Waals surface area (Å²) in [5.41, 5.74) is 2.19. The number of ether oxygens (including phenoxy) is 1. The number of likely N-dealkylation sites (tertiary alicyclic amines) is 1. The molecule has 0 saturated carbocycles. The number of hydrogen-bond acceptors (Lipinski definition) is 7. The zero-order valence-electron chi connectivity index (χ0n) is 16.4. The molecule has 0 N–H and O–H groups in total. The predicted molar refractivity (Wildman–Crippen MR) is 109 cm³/mol. The van der Waals surface area contributed by atoms with Gasteiger partial charge in [0.1, 0.15) is 5.82 Å². The molecule has 2 fully saturated rings. The summed E-state index contributed by atoms with van der Waals surface area (Å²) in [5.74, 6) is 2.27. The molecule has 0 radical (unpaired) electrons. The first-order valence-electron chi connectivity index (χ1n) is 10.3. The van der Waals surface area contributed by atoms with Gasteiger partial charge in [-0.1, -0.05) is 35.5 Å². The van der Waals surface area contributed by atoms with Crippen LogP contribution in [0.4, 0.5) is 5.82 Å². The summed E-state index contributed by atoms with van der Waals surface area (Å²) in [5, 5.41) is 4.23. The maximum absolute atomic E-state index is 5.66. The summed E-state index contributed by atoms with van der Waals surface area (Å²) in [6.07, 6.45) is 4.02. The minimum atomic E-state index is 0.178. The van der Waals surface area contributed by atoms with E-state index in [0.717, 1.165) is 63.6 Å². The molecule has 0 aliphatic carbocycles. The van der Waals surface area contributed by atoms with Crippen LogP contribution in [-0.2, 0) is 11.3 Å². The molecule has 2 aromatic heterocycles. The van der Waals surface area contributed by atoms with E-state index >= 15 is 0 Å². The van der Waals surface area contributed by atoms with Crippen molar-refractivity contribution < 1.29 is 9.26 Å². The number of benzene rings is 1. The summed E-state index contributed by atoms with van der Waals surface area (Å²) >= 11 is 0. The van der Waals surface area contributed by atoms with Crippen LogP contribution in [-0.4, -0.2) is 52.9 Å². The van der Waals surface area contributed by atoms with Crippen LogP contribution < -0.4 is 4.90 Å². The molecule has 0 bridgehead atoms. The third kappa shape index (κ3) is 4.02. The van der Waals surface area contributed by atoms with Crippen LogP contribution in [0.2, 0.25) is 0 Å². The van der Waals surface area contributed by atoms with Gasteiger partial charge in [0, 0.05) is 31.4 Å². The zero-order chi connectivity index (χ0) is 19.5. The van der Waals surface area contributed by atoms with Crippen LogP contribution in [0.5, 0.6) is 0 Å². The van der Waals surface area contributed by atoms with E-state index in [0.29, 0.717) is 11.7 Å². The minimum Gasteiger partial charge on any atom is -0.378 e. The maximum Gasteiger partial charge on any atom is 0.244 e. The first-order chi connectivity index (χ1) is 14.4. The predicted octanol–water partition coefficient (Wildman–Crippen LogP) is 3.31. The highest BCUT2D eigenvalue weighted by Gasteiger charge is 2.30. The van der Waals surface area contributed by atoms with Crippen molar-refractivity contribution in [2.45, 2.75) is 25.4 Å². The van der Waals surface area contributed by atoms with Crippen molar-refractivity contribution >= 4 is 5.82 Å². The van der Waals surface area contributed by atoms with Crippen molar-refractivity contribution in [3.63, 3.8) is 0 Å². The fourth-order valence-corrected chi connectivity index (χ4v) is 4.10. The van der Waals surface area contributed by atoms with Crippen LogP contribution in [0.15, 0.2) is 53.2 Å². The number of hydrogen-bond donors (Lipinski definition) is 0. The largest absolute Gasteiger partial charge is 0.378 e. The Morgan fingerprint density at radius 2 is 1.86 bits per heavy atom. The van der Waals surface area contributed by atoms with Gasteiger partial charge in [0.25, 0.3) is 0 Å². The summed E-state index contributed by atoms with van der Waals surface area (Å²) < 4.78 is 11.1. The van der Waals surface area contributed by atoms with Gasteiger partial charge in [-0.25, -0.2) is 4.98 Å².